The van der Waals surface area contributed by atoms with Gasteiger partial charge in [0.2, 0.25) is 0 Å². The maximum absolute atomic E-state index is 13.3. The van der Waals surface area contributed by atoms with Gasteiger partial charge in [-0.3, -0.25) is 0 Å². The molecule has 0 fully saturated rings. The normalized spacial score (nSPS) is 10.4. The highest BCUT2D eigenvalue weighted by Gasteiger charge is 2.21. The molecule has 3 nitrogen and oxygen atoms in total. The van der Waals surface area contributed by atoms with Crippen molar-refractivity contribution < 1.29 is 23.1 Å². The first-order valence-corrected chi connectivity index (χ1v) is 4.36. The van der Waals surface area contributed by atoms with Crippen LogP contribution in [0.2, 0.25) is 0 Å². The molecule has 1 heterocycles. The lowest BCUT2D eigenvalue weighted by Crippen LogP contribution is -2.05. The zero-order valence-electron chi connectivity index (χ0n) is 7.91. The highest BCUT2D eigenvalue weighted by atomic mass is 19.2. The van der Waals surface area contributed by atoms with Gasteiger partial charge in [-0.1, -0.05) is 0 Å². The predicted octanol–water partition coefficient (Wildman–Crippen LogP) is 2.92. The van der Waals surface area contributed by atoms with Gasteiger partial charge in [-0.25, -0.2) is 13.6 Å². The van der Waals surface area contributed by atoms with E-state index in [0.717, 1.165) is 6.07 Å². The van der Waals surface area contributed by atoms with Crippen molar-refractivity contribution in [2.45, 2.75) is 0 Å². The number of furan rings is 1. The average molecular weight is 224 g/mol. The summed E-state index contributed by atoms with van der Waals surface area (Å²) in [4.78, 5) is 10.8. The molecule has 1 aromatic heterocycles. The second kappa shape index (κ2) is 3.77. The number of aromatic carboxylic acids is 1. The summed E-state index contributed by atoms with van der Waals surface area (Å²) in [5, 5.41) is 8.82. The molecular weight excluding hydrogens is 218 g/mol. The second-order valence-electron chi connectivity index (χ2n) is 3.07. The van der Waals surface area contributed by atoms with Gasteiger partial charge in [-0.05, 0) is 24.3 Å². The summed E-state index contributed by atoms with van der Waals surface area (Å²) in [6.07, 6.45) is 1.32. The minimum atomic E-state index is -1.54. The van der Waals surface area contributed by atoms with Crippen molar-refractivity contribution >= 4 is 5.97 Å². The number of benzene rings is 1. The number of carboxylic acids is 1. The van der Waals surface area contributed by atoms with Crippen LogP contribution in [0.25, 0.3) is 11.3 Å². The molecular formula is C11H6F2O3. The number of halogens is 2. The summed E-state index contributed by atoms with van der Waals surface area (Å²) in [5.74, 6) is -3.95. The van der Waals surface area contributed by atoms with Gasteiger partial charge in [-0.15, -0.1) is 0 Å². The van der Waals surface area contributed by atoms with E-state index in [2.05, 4.69) is 0 Å². The van der Waals surface area contributed by atoms with Gasteiger partial charge in [0.1, 0.15) is 11.3 Å². The maximum atomic E-state index is 13.3. The van der Waals surface area contributed by atoms with E-state index in [1.165, 1.54) is 24.5 Å². The minimum Gasteiger partial charge on any atom is -0.478 e. The largest absolute Gasteiger partial charge is 0.478 e. The zero-order chi connectivity index (χ0) is 11.7. The van der Waals surface area contributed by atoms with E-state index in [-0.39, 0.29) is 11.3 Å². The summed E-state index contributed by atoms with van der Waals surface area (Å²) in [5.41, 5.74) is -0.716. The third-order valence-corrected chi connectivity index (χ3v) is 2.10. The van der Waals surface area contributed by atoms with Gasteiger partial charge >= 0.3 is 5.97 Å². The van der Waals surface area contributed by atoms with Crippen molar-refractivity contribution in [3.63, 3.8) is 0 Å². The van der Waals surface area contributed by atoms with E-state index in [9.17, 15) is 13.6 Å². The molecule has 82 valence electrons. The Labute approximate surface area is 88.9 Å². The zero-order valence-corrected chi connectivity index (χ0v) is 7.91. The summed E-state index contributed by atoms with van der Waals surface area (Å²) < 4.78 is 31.2. The minimum absolute atomic E-state index is 0.0106. The third-order valence-electron chi connectivity index (χ3n) is 2.10. The number of hydrogen-bond acceptors (Lipinski definition) is 2. The molecule has 0 aliphatic rings. The molecule has 0 saturated carbocycles. The smallest absolute Gasteiger partial charge is 0.339 e. The molecule has 0 unspecified atom stereocenters. The van der Waals surface area contributed by atoms with E-state index >= 15 is 0 Å². The molecule has 0 saturated heterocycles. The van der Waals surface area contributed by atoms with E-state index in [1.807, 2.05) is 0 Å². The first-order chi connectivity index (χ1) is 7.61. The van der Waals surface area contributed by atoms with Crippen LogP contribution in [0.1, 0.15) is 10.4 Å². The molecule has 2 rings (SSSR count). The highest BCUT2D eigenvalue weighted by molar-refractivity contribution is 5.95. The number of carboxylic acid groups (broad SMARTS) is 1. The molecule has 0 aliphatic carbocycles. The third kappa shape index (κ3) is 1.56. The van der Waals surface area contributed by atoms with Crippen molar-refractivity contribution in [1.82, 2.24) is 0 Å². The summed E-state index contributed by atoms with van der Waals surface area (Å²) in [6, 6.07) is 5.03. The maximum Gasteiger partial charge on any atom is 0.339 e. The van der Waals surface area contributed by atoms with Gasteiger partial charge in [-0.2, -0.15) is 0 Å². The van der Waals surface area contributed by atoms with Crippen LogP contribution < -0.4 is 0 Å². The topological polar surface area (TPSA) is 50.4 Å². The summed E-state index contributed by atoms with van der Waals surface area (Å²) in [6.45, 7) is 0. The second-order valence-corrected chi connectivity index (χ2v) is 3.07. The Morgan fingerprint density at radius 3 is 2.56 bits per heavy atom. The number of hydrogen-bond donors (Lipinski definition) is 1. The van der Waals surface area contributed by atoms with Crippen LogP contribution in [0.4, 0.5) is 8.78 Å². The van der Waals surface area contributed by atoms with Crippen molar-refractivity contribution in [3.8, 4) is 11.3 Å². The van der Waals surface area contributed by atoms with E-state index < -0.39 is 23.2 Å². The lowest BCUT2D eigenvalue weighted by atomic mass is 10.0. The average Bonchev–Trinajstić information content (AvgIpc) is 2.74. The lowest BCUT2D eigenvalue weighted by Gasteiger charge is -2.04. The fraction of sp³-hybridized carbons (Fsp3) is 0. The van der Waals surface area contributed by atoms with E-state index in [1.54, 1.807) is 0 Å². The molecule has 0 bridgehead atoms. The Balaban J connectivity index is 2.71. The monoisotopic (exact) mass is 224 g/mol. The molecule has 16 heavy (non-hydrogen) atoms. The number of carbonyl (C=O) groups is 1. The van der Waals surface area contributed by atoms with Gasteiger partial charge in [0.15, 0.2) is 11.6 Å². The van der Waals surface area contributed by atoms with E-state index in [0.29, 0.717) is 0 Å². The first kappa shape index (κ1) is 10.4. The van der Waals surface area contributed by atoms with Crippen molar-refractivity contribution in [2.75, 3.05) is 0 Å². The molecule has 1 aromatic carbocycles. The first-order valence-electron chi connectivity index (χ1n) is 4.36. The van der Waals surface area contributed by atoms with Crippen LogP contribution in [0.5, 0.6) is 0 Å². The Morgan fingerprint density at radius 1 is 1.25 bits per heavy atom. The molecule has 0 spiro atoms. The quantitative estimate of drug-likeness (QED) is 0.853. The number of rotatable bonds is 2. The summed E-state index contributed by atoms with van der Waals surface area (Å²) in [7, 11) is 0. The van der Waals surface area contributed by atoms with Gasteiger partial charge in [0.25, 0.3) is 0 Å². The van der Waals surface area contributed by atoms with Crippen molar-refractivity contribution in [1.29, 1.82) is 0 Å². The van der Waals surface area contributed by atoms with Crippen molar-refractivity contribution in [2.24, 2.45) is 0 Å². The lowest BCUT2D eigenvalue weighted by molar-refractivity contribution is 0.0691. The Kier molecular flexibility index (Phi) is 2.44. The van der Waals surface area contributed by atoms with Crippen LogP contribution in [0.15, 0.2) is 34.9 Å². The highest BCUT2D eigenvalue weighted by Crippen LogP contribution is 2.27. The summed E-state index contributed by atoms with van der Waals surface area (Å²) >= 11 is 0. The molecule has 0 aliphatic heterocycles. The predicted molar refractivity (Wildman–Crippen MR) is 51.0 cm³/mol. The van der Waals surface area contributed by atoms with Crippen LogP contribution in [-0.2, 0) is 0 Å². The molecule has 1 N–H and O–H groups in total. The Bertz CT molecular complexity index is 532. The Hall–Kier alpha value is -2.17. The Morgan fingerprint density at radius 2 is 2.00 bits per heavy atom. The SMILES string of the molecule is O=C(O)c1c(-c2ccco2)ccc(F)c1F. The molecule has 5 heteroatoms. The van der Waals surface area contributed by atoms with Gasteiger partial charge in [0.05, 0.1) is 6.26 Å². The molecule has 0 atom stereocenters. The fourth-order valence-corrected chi connectivity index (χ4v) is 1.40. The molecule has 2 aromatic rings. The van der Waals surface area contributed by atoms with Gasteiger partial charge in [0, 0.05) is 5.56 Å². The molecule has 0 radical (unpaired) electrons. The van der Waals surface area contributed by atoms with Crippen LogP contribution >= 0.6 is 0 Å². The molecule has 0 amide bonds. The van der Waals surface area contributed by atoms with E-state index in [4.69, 9.17) is 9.52 Å². The fourth-order valence-electron chi connectivity index (χ4n) is 1.40. The van der Waals surface area contributed by atoms with Gasteiger partial charge < -0.3 is 9.52 Å². The van der Waals surface area contributed by atoms with Crippen LogP contribution in [0, 0.1) is 11.6 Å². The van der Waals surface area contributed by atoms with Crippen molar-refractivity contribution in [3.05, 3.63) is 47.7 Å². The standard InChI is InChI=1S/C11H6F2O3/c12-7-4-3-6(8-2-1-5-16-8)9(10(7)13)11(14)15/h1-5H,(H,14,15). The van der Waals surface area contributed by atoms with Crippen LogP contribution in [-0.4, -0.2) is 11.1 Å². The van der Waals surface area contributed by atoms with Crippen LogP contribution in [0.3, 0.4) is 0 Å².